The summed E-state index contributed by atoms with van der Waals surface area (Å²) in [5, 5.41) is 3.27. The Hall–Kier alpha value is -3.15. The molecule has 1 aliphatic rings. The third-order valence-electron chi connectivity index (χ3n) is 5.97. The molecular formula is C26H30FN3O2. The number of ether oxygens (including phenoxy) is 1. The quantitative estimate of drug-likeness (QED) is 0.313. The van der Waals surface area contributed by atoms with Gasteiger partial charge in [0.2, 0.25) is 5.95 Å². The summed E-state index contributed by atoms with van der Waals surface area (Å²) >= 11 is 0. The summed E-state index contributed by atoms with van der Waals surface area (Å²) < 4.78 is 21.3. The number of nitrogens with zero attached hydrogens (tertiary/aromatic N) is 2. The number of hydrogen-bond acceptors (Lipinski definition) is 4. The monoisotopic (exact) mass is 435 g/mol. The van der Waals surface area contributed by atoms with Crippen molar-refractivity contribution in [3.63, 3.8) is 0 Å². The van der Waals surface area contributed by atoms with Gasteiger partial charge in [-0.3, -0.25) is 4.57 Å². The van der Waals surface area contributed by atoms with Gasteiger partial charge in [0.15, 0.2) is 0 Å². The molecule has 0 fully saturated rings. The average molecular weight is 436 g/mol. The Morgan fingerprint density at radius 1 is 1.06 bits per heavy atom. The molecule has 5 nitrogen and oxygen atoms in total. The molecule has 0 saturated heterocycles. The van der Waals surface area contributed by atoms with Gasteiger partial charge in [-0.25, -0.2) is 14.2 Å². The normalized spacial score (nSPS) is 15.5. The average Bonchev–Trinajstić information content (AvgIpc) is 3.16. The van der Waals surface area contributed by atoms with Crippen molar-refractivity contribution in [2.75, 3.05) is 11.9 Å². The maximum absolute atomic E-state index is 13.7. The van der Waals surface area contributed by atoms with Gasteiger partial charge in [0.05, 0.1) is 29.3 Å². The minimum atomic E-state index is -0.448. The molecule has 3 aromatic rings. The fraction of sp³-hybridized carbons (Fsp3) is 0.385. The van der Waals surface area contributed by atoms with Gasteiger partial charge >= 0.3 is 5.97 Å². The molecule has 2 heterocycles. The highest BCUT2D eigenvalue weighted by Crippen LogP contribution is 2.39. The predicted molar refractivity (Wildman–Crippen MR) is 125 cm³/mol. The van der Waals surface area contributed by atoms with E-state index in [2.05, 4.69) is 12.2 Å². The highest BCUT2D eigenvalue weighted by atomic mass is 19.1. The number of para-hydroxylation sites is 2. The van der Waals surface area contributed by atoms with Crippen LogP contribution < -0.4 is 5.32 Å². The second kappa shape index (κ2) is 9.98. The van der Waals surface area contributed by atoms with E-state index < -0.39 is 6.04 Å². The first-order valence-corrected chi connectivity index (χ1v) is 11.5. The molecule has 1 atom stereocenters. The van der Waals surface area contributed by atoms with Gasteiger partial charge in [0.25, 0.3) is 0 Å². The number of fused-ring (bicyclic) bond motifs is 3. The fourth-order valence-electron chi connectivity index (χ4n) is 4.31. The summed E-state index contributed by atoms with van der Waals surface area (Å²) in [5.74, 6) is -0.00175. The highest BCUT2D eigenvalue weighted by molar-refractivity contribution is 5.94. The van der Waals surface area contributed by atoms with Crippen molar-refractivity contribution in [1.82, 2.24) is 9.55 Å². The van der Waals surface area contributed by atoms with Crippen molar-refractivity contribution < 1.29 is 13.9 Å². The number of hydrogen-bond donors (Lipinski definition) is 1. The van der Waals surface area contributed by atoms with Crippen LogP contribution in [0.3, 0.4) is 0 Å². The Morgan fingerprint density at radius 2 is 1.78 bits per heavy atom. The second-order valence-corrected chi connectivity index (χ2v) is 8.32. The van der Waals surface area contributed by atoms with Gasteiger partial charge in [0.1, 0.15) is 5.82 Å². The summed E-state index contributed by atoms with van der Waals surface area (Å²) in [6, 6.07) is 13.6. The highest BCUT2D eigenvalue weighted by Gasteiger charge is 2.34. The molecule has 0 radical (unpaired) electrons. The van der Waals surface area contributed by atoms with Crippen LogP contribution in [0.2, 0.25) is 0 Å². The predicted octanol–water partition coefficient (Wildman–Crippen LogP) is 6.37. The van der Waals surface area contributed by atoms with Crippen molar-refractivity contribution in [2.45, 2.75) is 58.4 Å². The molecule has 6 heteroatoms. The number of aromatic nitrogens is 2. The lowest BCUT2D eigenvalue weighted by molar-refractivity contribution is -0.139. The molecule has 0 aliphatic carbocycles. The number of anilines is 1. The SMILES string of the molecule is CCCCCCCCOC(=O)C1=C(C)Nc2nc3ccccc3n2[C@H]1c1ccc(F)cc1. The maximum Gasteiger partial charge on any atom is 0.338 e. The van der Waals surface area contributed by atoms with Crippen LogP contribution in [0.15, 0.2) is 59.8 Å². The summed E-state index contributed by atoms with van der Waals surface area (Å²) in [6.07, 6.45) is 6.76. The zero-order chi connectivity index (χ0) is 22.5. The molecule has 0 bridgehead atoms. The number of esters is 1. The zero-order valence-electron chi connectivity index (χ0n) is 18.7. The van der Waals surface area contributed by atoms with E-state index in [1.165, 1.54) is 31.4 Å². The Kier molecular flexibility index (Phi) is 6.88. The van der Waals surface area contributed by atoms with Gasteiger partial charge in [-0.1, -0.05) is 63.3 Å². The van der Waals surface area contributed by atoms with Gasteiger partial charge in [-0.05, 0) is 43.2 Å². The van der Waals surface area contributed by atoms with Crippen LogP contribution in [0, 0.1) is 5.82 Å². The van der Waals surface area contributed by atoms with Crippen molar-refractivity contribution in [2.24, 2.45) is 0 Å². The first-order chi connectivity index (χ1) is 15.6. The van der Waals surface area contributed by atoms with Crippen molar-refractivity contribution in [1.29, 1.82) is 0 Å². The van der Waals surface area contributed by atoms with E-state index in [-0.39, 0.29) is 11.8 Å². The van der Waals surface area contributed by atoms with Crippen LogP contribution in [-0.4, -0.2) is 22.1 Å². The Labute approximate surface area is 188 Å². The van der Waals surface area contributed by atoms with E-state index in [1.54, 1.807) is 12.1 Å². The minimum Gasteiger partial charge on any atom is -0.462 e. The molecule has 0 unspecified atom stereocenters. The standard InChI is InChI=1S/C26H30FN3O2/c1-3-4-5-6-7-10-17-32-25(31)23-18(2)28-26-29-21-11-8-9-12-22(21)30(26)24(23)19-13-15-20(27)16-14-19/h8-9,11-16,24H,3-7,10,17H2,1-2H3,(H,28,29)/t24-/m0/s1. The summed E-state index contributed by atoms with van der Waals surface area (Å²) in [7, 11) is 0. The number of carbonyl (C=O) groups is 1. The third kappa shape index (κ3) is 4.54. The Balaban J connectivity index is 1.61. The lowest BCUT2D eigenvalue weighted by Crippen LogP contribution is -2.29. The van der Waals surface area contributed by atoms with E-state index in [0.717, 1.165) is 35.9 Å². The first kappa shape index (κ1) is 22.1. The molecule has 4 rings (SSSR count). The van der Waals surface area contributed by atoms with E-state index >= 15 is 0 Å². The largest absolute Gasteiger partial charge is 0.462 e. The Bertz CT molecular complexity index is 1120. The van der Waals surface area contributed by atoms with Gasteiger partial charge in [0, 0.05) is 5.70 Å². The summed E-state index contributed by atoms with van der Waals surface area (Å²) in [4.78, 5) is 17.9. The summed E-state index contributed by atoms with van der Waals surface area (Å²) in [5.41, 5.74) is 3.77. The Morgan fingerprint density at radius 3 is 2.56 bits per heavy atom. The molecule has 32 heavy (non-hydrogen) atoms. The molecule has 1 aliphatic heterocycles. The molecule has 1 aromatic heterocycles. The lowest BCUT2D eigenvalue weighted by Gasteiger charge is -2.30. The van der Waals surface area contributed by atoms with Crippen molar-refractivity contribution in [3.8, 4) is 0 Å². The number of halogens is 1. The molecule has 2 aromatic carbocycles. The molecule has 0 spiro atoms. The van der Waals surface area contributed by atoms with Crippen molar-refractivity contribution in [3.05, 3.63) is 71.2 Å². The second-order valence-electron chi connectivity index (χ2n) is 8.32. The van der Waals surface area contributed by atoms with E-state index in [0.29, 0.717) is 23.8 Å². The number of nitrogens with one attached hydrogen (secondary N) is 1. The van der Waals surface area contributed by atoms with Crippen LogP contribution in [0.25, 0.3) is 11.0 Å². The van der Waals surface area contributed by atoms with Gasteiger partial charge < -0.3 is 10.1 Å². The maximum atomic E-state index is 13.7. The number of rotatable bonds is 9. The minimum absolute atomic E-state index is 0.314. The fourth-order valence-corrected chi connectivity index (χ4v) is 4.31. The van der Waals surface area contributed by atoms with E-state index in [1.807, 2.05) is 35.8 Å². The lowest BCUT2D eigenvalue weighted by atomic mass is 9.95. The molecule has 168 valence electrons. The molecular weight excluding hydrogens is 405 g/mol. The summed E-state index contributed by atoms with van der Waals surface area (Å²) in [6.45, 7) is 4.46. The van der Waals surface area contributed by atoms with Crippen LogP contribution in [0.1, 0.15) is 64.0 Å². The van der Waals surface area contributed by atoms with Crippen LogP contribution in [-0.2, 0) is 9.53 Å². The zero-order valence-corrected chi connectivity index (χ0v) is 18.7. The first-order valence-electron chi connectivity index (χ1n) is 11.5. The van der Waals surface area contributed by atoms with Gasteiger partial charge in [-0.15, -0.1) is 0 Å². The number of carbonyl (C=O) groups excluding carboxylic acids is 1. The number of benzene rings is 2. The molecule has 0 saturated carbocycles. The number of imidazole rings is 1. The third-order valence-corrected chi connectivity index (χ3v) is 5.97. The number of allylic oxidation sites excluding steroid dienone is 1. The molecule has 0 amide bonds. The van der Waals surface area contributed by atoms with E-state index in [4.69, 9.17) is 9.72 Å². The molecule has 1 N–H and O–H groups in total. The van der Waals surface area contributed by atoms with E-state index in [9.17, 15) is 9.18 Å². The number of unbranched alkanes of at least 4 members (excludes halogenated alkanes) is 5. The smallest absolute Gasteiger partial charge is 0.338 e. The van der Waals surface area contributed by atoms with Crippen LogP contribution >= 0.6 is 0 Å². The van der Waals surface area contributed by atoms with Gasteiger partial charge in [-0.2, -0.15) is 0 Å². The van der Waals surface area contributed by atoms with Crippen LogP contribution in [0.5, 0.6) is 0 Å². The van der Waals surface area contributed by atoms with Crippen molar-refractivity contribution >= 4 is 23.0 Å². The van der Waals surface area contributed by atoms with Crippen LogP contribution in [0.4, 0.5) is 10.3 Å². The topological polar surface area (TPSA) is 56.1 Å².